The quantitative estimate of drug-likeness (QED) is 0.219. The Hall–Kier alpha value is -2.41. The van der Waals surface area contributed by atoms with E-state index in [0.29, 0.717) is 12.3 Å². The predicted molar refractivity (Wildman–Crippen MR) is 146 cm³/mol. The number of thioether (sulfide) groups is 1. The van der Waals surface area contributed by atoms with E-state index in [-0.39, 0.29) is 31.5 Å². The summed E-state index contributed by atoms with van der Waals surface area (Å²) in [6, 6.07) is 7.84. The number of aromatic nitrogens is 2. The average Bonchev–Trinajstić information content (AvgIpc) is 3.27. The fourth-order valence-corrected chi connectivity index (χ4v) is 5.32. The zero-order valence-corrected chi connectivity index (χ0v) is 23.0. The molecule has 0 radical (unpaired) electrons. The Morgan fingerprint density at radius 2 is 1.84 bits per heavy atom. The molecule has 1 aliphatic heterocycles. The third-order valence-electron chi connectivity index (χ3n) is 6.36. The number of carbonyl (C=O) groups excluding carboxylic acids is 1. The van der Waals surface area contributed by atoms with Crippen LogP contribution in [0.15, 0.2) is 30.3 Å². The molecule has 1 fully saturated rings. The number of nitrogens with zero attached hydrogens (tertiary/aromatic N) is 1. The molecule has 1 saturated heterocycles. The molecule has 7 N–H and O–H groups in total. The molecule has 5 atom stereocenters. The van der Waals surface area contributed by atoms with Crippen LogP contribution in [0.5, 0.6) is 5.88 Å². The van der Waals surface area contributed by atoms with E-state index in [1.807, 2.05) is 44.2 Å². The maximum atomic E-state index is 12.0. The lowest BCUT2D eigenvalue weighted by atomic mass is 9.99. The van der Waals surface area contributed by atoms with Crippen LogP contribution in [0, 0.1) is 0 Å². The van der Waals surface area contributed by atoms with Crippen LogP contribution in [-0.4, -0.2) is 89.4 Å². The van der Waals surface area contributed by atoms with Crippen molar-refractivity contribution in [3.05, 3.63) is 52.7 Å². The Balaban J connectivity index is 1.70. The molecular formula is C27H39N3O7S. The lowest BCUT2D eigenvalue weighted by molar-refractivity contribution is -0.122. The zero-order chi connectivity index (χ0) is 28.0. The van der Waals surface area contributed by atoms with Gasteiger partial charge in [-0.25, -0.2) is 0 Å². The number of carbonyl (C=O) groups is 1. The molecule has 0 aliphatic carbocycles. The molecule has 1 aromatic carbocycles. The summed E-state index contributed by atoms with van der Waals surface area (Å²) in [6.45, 7) is 7.05. The number of aliphatic hydroxyl groups excluding tert-OH is 5. The average molecular weight is 550 g/mol. The highest BCUT2D eigenvalue weighted by Gasteiger charge is 2.44. The van der Waals surface area contributed by atoms with Gasteiger partial charge in [-0.2, -0.15) is 0 Å². The lowest BCUT2D eigenvalue weighted by Crippen LogP contribution is -2.55. The smallest absolute Gasteiger partial charge is 0.237 e. The number of aromatic amines is 1. The van der Waals surface area contributed by atoms with Crippen LogP contribution in [0.1, 0.15) is 62.4 Å². The van der Waals surface area contributed by atoms with Gasteiger partial charge in [-0.3, -0.25) is 9.89 Å². The Bertz CT molecular complexity index is 1080. The number of nitrogens with one attached hydrogen (secondary N) is 2. The number of hydrogen-bond donors (Lipinski definition) is 7. The Morgan fingerprint density at radius 1 is 1.16 bits per heavy atom. The first-order valence-corrected chi connectivity index (χ1v) is 13.6. The van der Waals surface area contributed by atoms with Gasteiger partial charge >= 0.3 is 0 Å². The number of ether oxygens (including phenoxy) is 1. The Kier molecular flexibility index (Phi) is 10.4. The number of hydrogen-bond acceptors (Lipinski definition) is 9. The number of benzene rings is 1. The highest BCUT2D eigenvalue weighted by Crippen LogP contribution is 2.36. The molecule has 0 bridgehead atoms. The van der Waals surface area contributed by atoms with Crippen LogP contribution in [-0.2, 0) is 11.2 Å². The second-order valence-electron chi connectivity index (χ2n) is 10.5. The van der Waals surface area contributed by atoms with Crippen molar-refractivity contribution in [2.75, 3.05) is 13.2 Å². The SMILES string of the molecule is CC(C)c1[nH]nc(O[C@@H]2S[C@H](CO)[C@@H](O)C(O)[C@H]2O)c1Cc1ccc(/C=C/CC(=O)NC(C)(C)CO)cc1. The molecule has 1 unspecified atom stereocenters. The third-order valence-corrected chi connectivity index (χ3v) is 7.78. The van der Waals surface area contributed by atoms with Crippen molar-refractivity contribution in [1.29, 1.82) is 0 Å². The van der Waals surface area contributed by atoms with Gasteiger partial charge in [0.1, 0.15) is 12.2 Å². The summed E-state index contributed by atoms with van der Waals surface area (Å²) >= 11 is 1.06. The highest BCUT2D eigenvalue weighted by molar-refractivity contribution is 8.00. The van der Waals surface area contributed by atoms with E-state index in [1.165, 1.54) is 0 Å². The minimum Gasteiger partial charge on any atom is -0.459 e. The van der Waals surface area contributed by atoms with Crippen molar-refractivity contribution in [3.8, 4) is 5.88 Å². The van der Waals surface area contributed by atoms with E-state index in [9.17, 15) is 30.3 Å². The molecule has 1 aromatic heterocycles. The predicted octanol–water partition coefficient (Wildman–Crippen LogP) is 1.31. The summed E-state index contributed by atoms with van der Waals surface area (Å²) in [6.07, 6.45) is 0.274. The Labute approximate surface area is 227 Å². The maximum Gasteiger partial charge on any atom is 0.237 e. The number of aliphatic hydroxyl groups is 5. The first-order chi connectivity index (χ1) is 18.0. The second kappa shape index (κ2) is 13.1. The number of H-pyrrole nitrogens is 1. The molecule has 1 aliphatic rings. The van der Waals surface area contributed by atoms with Gasteiger partial charge in [0.25, 0.3) is 0 Å². The number of rotatable bonds is 11. The molecule has 0 saturated carbocycles. The molecule has 11 heteroatoms. The van der Waals surface area contributed by atoms with Crippen LogP contribution in [0.25, 0.3) is 6.08 Å². The van der Waals surface area contributed by atoms with Crippen molar-refractivity contribution in [2.24, 2.45) is 0 Å². The summed E-state index contributed by atoms with van der Waals surface area (Å²) in [4.78, 5) is 12.0. The summed E-state index contributed by atoms with van der Waals surface area (Å²) in [5.41, 5.74) is 2.06. The molecular weight excluding hydrogens is 510 g/mol. The molecule has 38 heavy (non-hydrogen) atoms. The van der Waals surface area contributed by atoms with E-state index in [1.54, 1.807) is 19.9 Å². The molecule has 2 aromatic rings. The Morgan fingerprint density at radius 3 is 2.45 bits per heavy atom. The molecule has 210 valence electrons. The molecule has 10 nitrogen and oxygen atoms in total. The van der Waals surface area contributed by atoms with E-state index in [2.05, 4.69) is 15.5 Å². The van der Waals surface area contributed by atoms with E-state index >= 15 is 0 Å². The molecule has 0 spiro atoms. The largest absolute Gasteiger partial charge is 0.459 e. The maximum absolute atomic E-state index is 12.0. The summed E-state index contributed by atoms with van der Waals surface area (Å²) in [5.74, 6) is 0.256. The van der Waals surface area contributed by atoms with Gasteiger partial charge in [0.15, 0.2) is 5.44 Å². The van der Waals surface area contributed by atoms with Gasteiger partial charge < -0.3 is 35.6 Å². The minimum atomic E-state index is -1.45. The van der Waals surface area contributed by atoms with Crippen molar-refractivity contribution in [3.63, 3.8) is 0 Å². The van der Waals surface area contributed by atoms with Crippen molar-refractivity contribution in [1.82, 2.24) is 15.5 Å². The van der Waals surface area contributed by atoms with Crippen LogP contribution < -0.4 is 10.1 Å². The lowest BCUT2D eigenvalue weighted by Gasteiger charge is -2.38. The van der Waals surface area contributed by atoms with Crippen molar-refractivity contribution < 1.29 is 35.1 Å². The molecule has 3 rings (SSSR count). The van der Waals surface area contributed by atoms with Crippen molar-refractivity contribution >= 4 is 23.7 Å². The zero-order valence-electron chi connectivity index (χ0n) is 22.2. The van der Waals surface area contributed by atoms with E-state index in [4.69, 9.17) is 4.74 Å². The van der Waals surface area contributed by atoms with Gasteiger partial charge in [-0.05, 0) is 30.9 Å². The third kappa shape index (κ3) is 7.58. The first-order valence-electron chi connectivity index (χ1n) is 12.7. The van der Waals surface area contributed by atoms with Gasteiger partial charge in [-0.15, -0.1) is 16.9 Å². The summed E-state index contributed by atoms with van der Waals surface area (Å²) in [7, 11) is 0. The summed E-state index contributed by atoms with van der Waals surface area (Å²) in [5, 5.41) is 59.0. The molecule has 1 amide bonds. The fourth-order valence-electron chi connectivity index (χ4n) is 4.10. The monoisotopic (exact) mass is 549 g/mol. The topological polar surface area (TPSA) is 168 Å². The molecule has 2 heterocycles. The normalized spacial score (nSPS) is 24.2. The highest BCUT2D eigenvalue weighted by atomic mass is 32.2. The first kappa shape index (κ1) is 30.1. The van der Waals surface area contributed by atoms with Crippen LogP contribution >= 0.6 is 11.8 Å². The van der Waals surface area contributed by atoms with Gasteiger partial charge in [-0.1, -0.05) is 50.3 Å². The van der Waals surface area contributed by atoms with E-state index < -0.39 is 34.5 Å². The van der Waals surface area contributed by atoms with Gasteiger partial charge in [0, 0.05) is 24.1 Å². The van der Waals surface area contributed by atoms with E-state index in [0.717, 1.165) is 34.1 Å². The fraction of sp³-hybridized carbons (Fsp3) is 0.556. The van der Waals surface area contributed by atoms with Gasteiger partial charge in [0.2, 0.25) is 11.8 Å². The van der Waals surface area contributed by atoms with Crippen LogP contribution in [0.3, 0.4) is 0 Å². The minimum absolute atomic E-state index is 0.126. The van der Waals surface area contributed by atoms with Crippen LogP contribution in [0.4, 0.5) is 0 Å². The standard InChI is InChI=1S/C27H39N3O7S/c1-15(2)21-18(25(30-29-21)37-26-24(36)23(35)22(34)19(13-31)38-26)12-17-10-8-16(9-11-17)6-5-7-20(33)28-27(3,4)14-32/h5-6,8-11,15,19,22-24,26,31-32,34-36H,7,12-14H2,1-4H3,(H,28,33)(H,29,30)/b6-5+/t19-,22-,23?,24-,26-/m1/s1. The number of amides is 1. The van der Waals surface area contributed by atoms with Crippen LogP contribution in [0.2, 0.25) is 0 Å². The second-order valence-corrected chi connectivity index (χ2v) is 11.8. The van der Waals surface area contributed by atoms with Gasteiger partial charge in [0.05, 0.1) is 30.1 Å². The summed E-state index contributed by atoms with van der Waals surface area (Å²) < 4.78 is 6.02. The van der Waals surface area contributed by atoms with Crippen molar-refractivity contribution in [2.45, 2.75) is 81.0 Å².